The fourth-order valence-electron chi connectivity index (χ4n) is 1.97. The molecule has 9 heteroatoms. The molecule has 3 aromatic heterocycles. The Balaban J connectivity index is 1.63. The summed E-state index contributed by atoms with van der Waals surface area (Å²) in [5.74, 6) is 0.325. The number of amides is 1. The Labute approximate surface area is 130 Å². The summed E-state index contributed by atoms with van der Waals surface area (Å²) >= 11 is 0. The van der Waals surface area contributed by atoms with Gasteiger partial charge >= 0.3 is 0 Å². The van der Waals surface area contributed by atoms with Crippen molar-refractivity contribution in [1.29, 1.82) is 0 Å². The molecule has 2 N–H and O–H groups in total. The second-order valence-corrected chi connectivity index (χ2v) is 4.83. The van der Waals surface area contributed by atoms with Crippen LogP contribution >= 0.6 is 0 Å². The minimum Gasteiger partial charge on any atom is -0.345 e. The Kier molecular flexibility index (Phi) is 4.00. The Morgan fingerprint density at radius 3 is 3.13 bits per heavy atom. The summed E-state index contributed by atoms with van der Waals surface area (Å²) in [6.45, 7) is 1.83. The first-order valence-corrected chi connectivity index (χ1v) is 6.92. The van der Waals surface area contributed by atoms with Crippen molar-refractivity contribution in [1.82, 2.24) is 30.2 Å². The highest BCUT2D eigenvalue weighted by Gasteiger charge is 2.16. The van der Waals surface area contributed by atoms with Crippen LogP contribution in [0, 0.1) is 0 Å². The van der Waals surface area contributed by atoms with Crippen LogP contribution in [-0.4, -0.2) is 30.8 Å². The molecule has 0 aliphatic heterocycles. The van der Waals surface area contributed by atoms with Gasteiger partial charge in [-0.15, -0.1) is 0 Å². The third-order valence-corrected chi connectivity index (χ3v) is 3.22. The SMILES string of the molecule is CC(C(=O)NCc1nc(-c2cc[nH]c(=O)c2)no1)n1cccn1. The predicted molar refractivity (Wildman–Crippen MR) is 79.1 cm³/mol. The van der Waals surface area contributed by atoms with Crippen LogP contribution in [0.1, 0.15) is 18.9 Å². The summed E-state index contributed by atoms with van der Waals surface area (Å²) in [5, 5.41) is 10.5. The number of carbonyl (C=O) groups excluding carboxylic acids is 1. The Morgan fingerprint density at radius 2 is 2.39 bits per heavy atom. The van der Waals surface area contributed by atoms with E-state index >= 15 is 0 Å². The molecule has 0 spiro atoms. The molecule has 1 amide bonds. The van der Waals surface area contributed by atoms with E-state index in [0.29, 0.717) is 11.4 Å². The second kappa shape index (κ2) is 6.26. The van der Waals surface area contributed by atoms with E-state index in [1.807, 2.05) is 0 Å². The van der Waals surface area contributed by atoms with Crippen molar-refractivity contribution in [3.8, 4) is 11.4 Å². The molecule has 0 aromatic carbocycles. The third kappa shape index (κ3) is 3.34. The fraction of sp³-hybridized carbons (Fsp3) is 0.214. The molecule has 3 aromatic rings. The first-order chi connectivity index (χ1) is 11.1. The minimum absolute atomic E-state index is 0.0978. The van der Waals surface area contributed by atoms with Gasteiger partial charge in [0.15, 0.2) is 0 Å². The lowest BCUT2D eigenvalue weighted by Crippen LogP contribution is -2.30. The molecule has 1 atom stereocenters. The van der Waals surface area contributed by atoms with Gasteiger partial charge in [-0.1, -0.05) is 5.16 Å². The van der Waals surface area contributed by atoms with Gasteiger partial charge in [0.05, 0.1) is 6.54 Å². The number of carbonyl (C=O) groups is 1. The molecule has 0 radical (unpaired) electrons. The maximum absolute atomic E-state index is 12.0. The number of aromatic amines is 1. The molecule has 3 rings (SSSR count). The van der Waals surface area contributed by atoms with Crippen LogP contribution in [0.4, 0.5) is 0 Å². The number of pyridine rings is 1. The number of aromatic nitrogens is 5. The molecule has 9 nitrogen and oxygen atoms in total. The van der Waals surface area contributed by atoms with Gasteiger partial charge in [0.1, 0.15) is 6.04 Å². The highest BCUT2D eigenvalue weighted by Crippen LogP contribution is 2.12. The summed E-state index contributed by atoms with van der Waals surface area (Å²) in [4.78, 5) is 29.9. The van der Waals surface area contributed by atoms with Crippen LogP contribution in [0.25, 0.3) is 11.4 Å². The zero-order valence-corrected chi connectivity index (χ0v) is 12.3. The molecular formula is C14H14N6O3. The van der Waals surface area contributed by atoms with Crippen LogP contribution in [0.3, 0.4) is 0 Å². The van der Waals surface area contributed by atoms with Gasteiger partial charge < -0.3 is 14.8 Å². The summed E-state index contributed by atoms with van der Waals surface area (Å²) in [5.41, 5.74) is 0.287. The van der Waals surface area contributed by atoms with Gasteiger partial charge in [0, 0.05) is 30.2 Å². The van der Waals surface area contributed by atoms with E-state index in [1.165, 1.54) is 12.3 Å². The minimum atomic E-state index is -0.444. The molecule has 0 saturated carbocycles. The monoisotopic (exact) mass is 314 g/mol. The van der Waals surface area contributed by atoms with Crippen LogP contribution in [0.2, 0.25) is 0 Å². The van der Waals surface area contributed by atoms with Crippen molar-refractivity contribution >= 4 is 5.91 Å². The topological polar surface area (TPSA) is 119 Å². The maximum atomic E-state index is 12.0. The van der Waals surface area contributed by atoms with Crippen LogP contribution in [0.5, 0.6) is 0 Å². The first kappa shape index (κ1) is 14.7. The van der Waals surface area contributed by atoms with Crippen LogP contribution < -0.4 is 10.9 Å². The summed E-state index contributed by atoms with van der Waals surface area (Å²) in [6, 6.07) is 4.33. The van der Waals surface area contributed by atoms with E-state index in [2.05, 4.69) is 25.5 Å². The molecular weight excluding hydrogens is 300 g/mol. The molecule has 1 unspecified atom stereocenters. The maximum Gasteiger partial charge on any atom is 0.248 e. The highest BCUT2D eigenvalue weighted by molar-refractivity contribution is 5.79. The van der Waals surface area contributed by atoms with Crippen molar-refractivity contribution in [3.63, 3.8) is 0 Å². The molecule has 0 aliphatic rings. The number of rotatable bonds is 5. The zero-order chi connectivity index (χ0) is 16.2. The third-order valence-electron chi connectivity index (χ3n) is 3.22. The van der Waals surface area contributed by atoms with Gasteiger partial charge in [-0.3, -0.25) is 14.3 Å². The smallest absolute Gasteiger partial charge is 0.248 e. The summed E-state index contributed by atoms with van der Waals surface area (Å²) < 4.78 is 6.62. The molecule has 3 heterocycles. The van der Waals surface area contributed by atoms with E-state index in [4.69, 9.17) is 4.52 Å². The zero-order valence-electron chi connectivity index (χ0n) is 12.3. The number of nitrogens with one attached hydrogen (secondary N) is 2. The Morgan fingerprint density at radius 1 is 1.52 bits per heavy atom. The van der Waals surface area contributed by atoms with E-state index < -0.39 is 6.04 Å². The van der Waals surface area contributed by atoms with Crippen molar-refractivity contribution in [2.24, 2.45) is 0 Å². The number of H-pyrrole nitrogens is 1. The van der Waals surface area contributed by atoms with E-state index in [0.717, 1.165) is 0 Å². The van der Waals surface area contributed by atoms with Gasteiger partial charge in [0.25, 0.3) is 0 Å². The standard InChI is InChI=1S/C14H14N6O3/c1-9(20-6-2-4-17-20)14(22)16-8-12-18-13(19-23-12)10-3-5-15-11(21)7-10/h2-7,9H,8H2,1H3,(H,15,21)(H,16,22). The van der Waals surface area contributed by atoms with Gasteiger partial charge in [-0.05, 0) is 19.1 Å². The van der Waals surface area contributed by atoms with Gasteiger partial charge in [-0.25, -0.2) is 0 Å². The van der Waals surface area contributed by atoms with Crippen molar-refractivity contribution in [2.75, 3.05) is 0 Å². The molecule has 0 fully saturated rings. The molecule has 118 valence electrons. The van der Waals surface area contributed by atoms with E-state index in [9.17, 15) is 9.59 Å². The number of hydrogen-bond acceptors (Lipinski definition) is 6. The number of nitrogens with zero attached hydrogens (tertiary/aromatic N) is 4. The summed E-state index contributed by atoms with van der Waals surface area (Å²) in [6.07, 6.45) is 4.82. The fourth-order valence-corrected chi connectivity index (χ4v) is 1.97. The van der Waals surface area contributed by atoms with Crippen LogP contribution in [0.15, 0.2) is 46.1 Å². The molecule has 0 saturated heterocycles. The summed E-state index contributed by atoms with van der Waals surface area (Å²) in [7, 11) is 0. The largest absolute Gasteiger partial charge is 0.345 e. The van der Waals surface area contributed by atoms with Gasteiger partial charge in [-0.2, -0.15) is 10.1 Å². The molecule has 0 aliphatic carbocycles. The predicted octanol–water partition coefficient (Wildman–Crippen LogP) is 0.499. The lowest BCUT2D eigenvalue weighted by molar-refractivity contribution is -0.124. The molecule has 23 heavy (non-hydrogen) atoms. The van der Waals surface area contributed by atoms with Crippen LogP contribution in [-0.2, 0) is 11.3 Å². The van der Waals surface area contributed by atoms with E-state index in [1.54, 1.807) is 36.1 Å². The molecule has 0 bridgehead atoms. The number of hydrogen-bond donors (Lipinski definition) is 2. The lowest BCUT2D eigenvalue weighted by Gasteiger charge is -2.11. The first-order valence-electron chi connectivity index (χ1n) is 6.92. The highest BCUT2D eigenvalue weighted by atomic mass is 16.5. The second-order valence-electron chi connectivity index (χ2n) is 4.83. The van der Waals surface area contributed by atoms with Crippen molar-refractivity contribution in [2.45, 2.75) is 19.5 Å². The Hall–Kier alpha value is -3.23. The van der Waals surface area contributed by atoms with Crippen molar-refractivity contribution in [3.05, 3.63) is 53.0 Å². The van der Waals surface area contributed by atoms with Crippen molar-refractivity contribution < 1.29 is 9.32 Å². The average Bonchev–Trinajstić information content (AvgIpc) is 3.23. The normalized spacial score (nSPS) is 12.0. The van der Waals surface area contributed by atoms with Gasteiger partial charge in [0.2, 0.25) is 23.2 Å². The Bertz CT molecular complexity index is 851. The van der Waals surface area contributed by atoms with E-state index in [-0.39, 0.29) is 23.9 Å². The lowest BCUT2D eigenvalue weighted by atomic mass is 10.2. The quantitative estimate of drug-likeness (QED) is 0.708. The average molecular weight is 314 g/mol.